The molecule has 46 valence electrons. The summed E-state index contributed by atoms with van der Waals surface area (Å²) >= 11 is 0. The molecule has 0 fully saturated rings. The molecular weight excluding hydrogens is 247 g/mol. The minimum atomic E-state index is -4.61. The van der Waals surface area contributed by atoms with E-state index in [0.717, 1.165) is 0 Å². The maximum atomic E-state index is 7.33. The molecule has 0 aromatic carbocycles. The molecule has 8 heteroatoms. The van der Waals surface area contributed by atoms with E-state index in [1.54, 1.807) is 0 Å². The Morgan fingerprint density at radius 2 is 0.875 bits per heavy atom. The summed E-state index contributed by atoms with van der Waals surface area (Å²) in [5.41, 5.74) is 0. The van der Waals surface area contributed by atoms with Crippen LogP contribution in [0, 0.1) is 0 Å². The summed E-state index contributed by atoms with van der Waals surface area (Å²) in [7, 11) is -4.61. The summed E-state index contributed by atoms with van der Waals surface area (Å²) in [5, 5.41) is 0. The molecule has 0 atom stereocenters. The maximum absolute atomic E-state index is 7.33. The summed E-state index contributed by atoms with van der Waals surface area (Å²) in [6.45, 7) is 0. The van der Waals surface area contributed by atoms with E-state index in [2.05, 4.69) is 0 Å². The molecule has 4 nitrogen and oxygen atoms in total. The van der Waals surface area contributed by atoms with Crippen molar-refractivity contribution in [3.05, 3.63) is 0 Å². The van der Waals surface area contributed by atoms with E-state index in [-0.39, 0.29) is 101 Å². The van der Waals surface area contributed by atoms with Crippen LogP contribution in [0.15, 0.2) is 0 Å². The molecule has 0 aliphatic heterocycles. The molecule has 4 N–H and O–H groups in total. The van der Waals surface area contributed by atoms with Crippen LogP contribution in [0.5, 0.6) is 0 Å². The molecule has 0 saturated heterocycles. The van der Waals surface area contributed by atoms with E-state index < -0.39 is 9.05 Å². The van der Waals surface area contributed by atoms with Crippen LogP contribution in [-0.4, -0.2) is 129 Å². The second-order valence-corrected chi connectivity index (χ2v) is 1.80. The van der Waals surface area contributed by atoms with E-state index in [4.69, 9.17) is 19.2 Å². The molecule has 0 aromatic rings. The fourth-order valence-corrected chi connectivity index (χ4v) is 0. The fraction of sp³-hybridized carbons (Fsp3) is 0. The van der Waals surface area contributed by atoms with Gasteiger partial charge in [-0.1, -0.05) is 0 Å². The first-order valence-corrected chi connectivity index (χ1v) is 2.68. The van der Waals surface area contributed by atoms with Crippen LogP contribution in [0.2, 0.25) is 0 Å². The Morgan fingerprint density at radius 3 is 0.875 bits per heavy atom. The van der Waals surface area contributed by atoms with Crippen molar-refractivity contribution in [1.29, 1.82) is 0 Å². The molecule has 0 radical (unpaired) electrons. The van der Waals surface area contributed by atoms with Gasteiger partial charge < -0.3 is 19.2 Å². The zero-order chi connectivity index (χ0) is 4.50. The molecule has 0 spiro atoms. The monoisotopic (exact) mass is 258 g/mol. The molecule has 0 rings (SSSR count). The van der Waals surface area contributed by atoms with Gasteiger partial charge in [-0.2, -0.15) is 0 Å². The predicted octanol–water partition coefficient (Wildman–Crippen LogP) is -5.63. The van der Waals surface area contributed by atoms with Crippen LogP contribution in [0.1, 0.15) is 0 Å². The van der Waals surface area contributed by atoms with Crippen LogP contribution in [0.25, 0.3) is 0 Å². The van der Waals surface area contributed by atoms with Gasteiger partial charge in [-0.3, -0.25) is 0 Å². The van der Waals surface area contributed by atoms with Crippen LogP contribution in [-0.2, 0) is 0 Å². The molecule has 0 aliphatic carbocycles. The van der Waals surface area contributed by atoms with Gasteiger partial charge >= 0.3 is 92.3 Å². The first kappa shape index (κ1) is 22.5. The van der Waals surface area contributed by atoms with Crippen LogP contribution in [0.3, 0.4) is 0 Å². The number of rotatable bonds is 0. The van der Waals surface area contributed by atoms with Gasteiger partial charge in [0.05, 0.1) is 0 Å². The molecule has 8 heavy (non-hydrogen) atoms. The number of hydrogen-bond acceptors (Lipinski definition) is 4. The summed E-state index contributed by atoms with van der Waals surface area (Å²) in [5.74, 6) is 0. The van der Waals surface area contributed by atoms with Crippen molar-refractivity contribution >= 4 is 110 Å². The zero-order valence-electron chi connectivity index (χ0n) is 2.29. The topological polar surface area (TPSA) is 80.9 Å². The molecule has 0 aromatic heterocycles. The van der Waals surface area contributed by atoms with Gasteiger partial charge in [0.2, 0.25) is 0 Å². The second-order valence-electron chi connectivity index (χ2n) is 0.600. The molecule has 0 heterocycles. The Labute approximate surface area is 126 Å². The van der Waals surface area contributed by atoms with E-state index in [9.17, 15) is 0 Å². The average Bonchev–Trinajstić information content (AvgIpc) is 0.722. The SMILES string of the molecule is O[Si](O)(O)O.[AlH3].[CaH2].[SrH2]. The van der Waals surface area contributed by atoms with Crippen LogP contribution in [0.4, 0.5) is 0 Å². The normalized spacial score (nSPS) is 7.50. The van der Waals surface area contributed by atoms with E-state index in [1.165, 1.54) is 0 Å². The predicted molar refractivity (Wildman–Crippen MR) is 41.7 cm³/mol. The second kappa shape index (κ2) is 10.3. The van der Waals surface area contributed by atoms with Crippen molar-refractivity contribution in [2.24, 2.45) is 0 Å². The first-order valence-electron chi connectivity index (χ1n) is 0.894. The van der Waals surface area contributed by atoms with E-state index in [0.29, 0.717) is 0 Å². The molecule has 0 unspecified atom stereocenters. The Hall–Kier alpha value is 3.33. The fourth-order valence-electron chi connectivity index (χ4n) is 0. The Bertz CT molecular complexity index is 31.5. The summed E-state index contributed by atoms with van der Waals surface area (Å²) in [4.78, 5) is 29.3. The van der Waals surface area contributed by atoms with Gasteiger partial charge in [-0.15, -0.1) is 0 Å². The molecule has 0 saturated carbocycles. The van der Waals surface area contributed by atoms with Crippen LogP contribution < -0.4 is 0 Å². The molecule has 0 bridgehead atoms. The van der Waals surface area contributed by atoms with E-state index in [1.807, 2.05) is 0 Å². The van der Waals surface area contributed by atoms with Crippen molar-refractivity contribution < 1.29 is 19.2 Å². The van der Waals surface area contributed by atoms with Gasteiger partial charge in [-0.05, 0) is 0 Å². The Kier molecular flexibility index (Phi) is 29.1. The standard InChI is InChI=1S/Al.Ca.H4O4Si.Sr.7H/c;;1-5(2,3)4;;;;;;;;/h;;1-4H;;;;;;;;. The molecular formula is H11AlCaO4SiSr. The van der Waals surface area contributed by atoms with Crippen molar-refractivity contribution in [3.8, 4) is 0 Å². The summed E-state index contributed by atoms with van der Waals surface area (Å²) in [6, 6.07) is 0. The third kappa shape index (κ3) is 58.4. The summed E-state index contributed by atoms with van der Waals surface area (Å²) in [6.07, 6.45) is 0. The van der Waals surface area contributed by atoms with Gasteiger partial charge in [0.1, 0.15) is 0 Å². The molecule has 0 amide bonds. The quantitative estimate of drug-likeness (QED) is 0.326. The van der Waals surface area contributed by atoms with Gasteiger partial charge in [0.25, 0.3) is 0 Å². The average molecular weight is 258 g/mol. The van der Waals surface area contributed by atoms with Crippen molar-refractivity contribution in [2.45, 2.75) is 0 Å². The van der Waals surface area contributed by atoms with Gasteiger partial charge in [-0.25, -0.2) is 0 Å². The number of hydrogen-bond donors (Lipinski definition) is 4. The van der Waals surface area contributed by atoms with Crippen molar-refractivity contribution in [1.82, 2.24) is 0 Å². The first-order chi connectivity index (χ1) is 2.00. The van der Waals surface area contributed by atoms with Crippen molar-refractivity contribution in [3.63, 3.8) is 0 Å². The van der Waals surface area contributed by atoms with Gasteiger partial charge in [0.15, 0.2) is 17.4 Å². The van der Waals surface area contributed by atoms with E-state index >= 15 is 0 Å². The zero-order valence-corrected chi connectivity index (χ0v) is 3.29. The van der Waals surface area contributed by atoms with Gasteiger partial charge in [0, 0.05) is 0 Å². The minimum absolute atomic E-state index is 0. The summed E-state index contributed by atoms with van der Waals surface area (Å²) < 4.78 is 0. The third-order valence-electron chi connectivity index (χ3n) is 0. The van der Waals surface area contributed by atoms with Crippen LogP contribution >= 0.6 is 0 Å². The van der Waals surface area contributed by atoms with Crippen molar-refractivity contribution in [2.75, 3.05) is 0 Å². The Balaban J connectivity index is -0.0000000267. The third-order valence-corrected chi connectivity index (χ3v) is 0. The Morgan fingerprint density at radius 1 is 0.875 bits per heavy atom. The molecule has 0 aliphatic rings.